The minimum atomic E-state index is -4.43. The lowest BCUT2D eigenvalue weighted by Crippen LogP contribution is -2.04. The van der Waals surface area contributed by atoms with Gasteiger partial charge in [0.2, 0.25) is 0 Å². The molecule has 0 aliphatic heterocycles. The van der Waals surface area contributed by atoms with Crippen molar-refractivity contribution in [3.8, 4) is 28.3 Å². The lowest BCUT2D eigenvalue weighted by Gasteiger charge is -2.07. The van der Waals surface area contributed by atoms with E-state index in [9.17, 15) is 23.3 Å². The van der Waals surface area contributed by atoms with Crippen LogP contribution in [0.25, 0.3) is 28.3 Å². The standard InChI is InChI=1S/C20H12F3N3O3/c21-20(22,23)14-5-3-13(4-6-14)19-17(18-2-1-11-29-18)12-25(24-19)15-7-9-16(10-8-15)26(27)28/h1-12H. The summed E-state index contributed by atoms with van der Waals surface area (Å²) in [6, 6.07) is 13.8. The molecule has 0 aliphatic carbocycles. The molecule has 2 heterocycles. The van der Waals surface area contributed by atoms with Crippen molar-refractivity contribution in [2.75, 3.05) is 0 Å². The second-order valence-corrected chi connectivity index (χ2v) is 6.16. The van der Waals surface area contributed by atoms with E-state index in [1.54, 1.807) is 18.3 Å². The Morgan fingerprint density at radius 3 is 2.24 bits per heavy atom. The smallest absolute Gasteiger partial charge is 0.416 e. The van der Waals surface area contributed by atoms with Crippen LogP contribution in [0.5, 0.6) is 0 Å². The first-order valence-corrected chi connectivity index (χ1v) is 8.39. The number of non-ortho nitro benzene ring substituents is 1. The fraction of sp³-hybridized carbons (Fsp3) is 0.0500. The van der Waals surface area contributed by atoms with E-state index in [1.165, 1.54) is 47.3 Å². The maximum absolute atomic E-state index is 12.9. The molecular formula is C20H12F3N3O3. The van der Waals surface area contributed by atoms with Crippen molar-refractivity contribution in [2.24, 2.45) is 0 Å². The third-order valence-corrected chi connectivity index (χ3v) is 4.31. The van der Waals surface area contributed by atoms with Crippen LogP contribution in [0, 0.1) is 10.1 Å². The molecule has 29 heavy (non-hydrogen) atoms. The summed E-state index contributed by atoms with van der Waals surface area (Å²) in [6.07, 6.45) is -1.29. The zero-order chi connectivity index (χ0) is 20.6. The largest absolute Gasteiger partial charge is 0.464 e. The molecule has 0 spiro atoms. The first kappa shape index (κ1) is 18.5. The van der Waals surface area contributed by atoms with Crippen LogP contribution in [0.1, 0.15) is 5.56 Å². The number of nitro benzene ring substituents is 1. The summed E-state index contributed by atoms with van der Waals surface area (Å²) in [5, 5.41) is 15.3. The van der Waals surface area contributed by atoms with E-state index < -0.39 is 16.7 Å². The minimum Gasteiger partial charge on any atom is -0.464 e. The number of rotatable bonds is 4. The SMILES string of the molecule is O=[N+]([O-])c1ccc(-n2cc(-c3ccco3)c(-c3ccc(C(F)(F)F)cc3)n2)cc1. The van der Waals surface area contributed by atoms with Gasteiger partial charge in [0.15, 0.2) is 0 Å². The number of aromatic nitrogens is 2. The summed E-state index contributed by atoms with van der Waals surface area (Å²) in [4.78, 5) is 10.3. The predicted octanol–water partition coefficient (Wildman–Crippen LogP) is 5.73. The molecule has 146 valence electrons. The first-order valence-electron chi connectivity index (χ1n) is 8.39. The van der Waals surface area contributed by atoms with E-state index in [0.29, 0.717) is 28.3 Å². The van der Waals surface area contributed by atoms with Crippen LogP contribution in [0.15, 0.2) is 77.5 Å². The monoisotopic (exact) mass is 399 g/mol. The highest BCUT2D eigenvalue weighted by Crippen LogP contribution is 2.35. The molecule has 4 rings (SSSR count). The average molecular weight is 399 g/mol. The number of alkyl halides is 3. The van der Waals surface area contributed by atoms with Gasteiger partial charge in [-0.2, -0.15) is 18.3 Å². The maximum atomic E-state index is 12.9. The molecule has 2 aromatic heterocycles. The third kappa shape index (κ3) is 3.62. The van der Waals surface area contributed by atoms with Crippen molar-refractivity contribution in [3.63, 3.8) is 0 Å². The molecule has 0 radical (unpaired) electrons. The minimum absolute atomic E-state index is 0.0601. The number of furan rings is 1. The molecule has 0 saturated carbocycles. The Morgan fingerprint density at radius 2 is 1.69 bits per heavy atom. The summed E-state index contributed by atoms with van der Waals surface area (Å²) in [5.74, 6) is 0.494. The number of hydrogen-bond donors (Lipinski definition) is 0. The predicted molar refractivity (Wildman–Crippen MR) is 98.4 cm³/mol. The fourth-order valence-electron chi connectivity index (χ4n) is 2.88. The molecule has 0 fully saturated rings. The van der Waals surface area contributed by atoms with E-state index in [4.69, 9.17) is 4.42 Å². The Balaban J connectivity index is 1.80. The number of benzene rings is 2. The van der Waals surface area contributed by atoms with Crippen LogP contribution in [-0.2, 0) is 6.18 Å². The Kier molecular flexibility index (Phi) is 4.42. The molecule has 0 saturated heterocycles. The second kappa shape index (κ2) is 6.93. The Bertz CT molecular complexity index is 1150. The van der Waals surface area contributed by atoms with Gasteiger partial charge in [0.1, 0.15) is 11.5 Å². The highest BCUT2D eigenvalue weighted by atomic mass is 19.4. The van der Waals surface area contributed by atoms with Gasteiger partial charge in [-0.1, -0.05) is 12.1 Å². The van der Waals surface area contributed by atoms with Gasteiger partial charge in [-0.25, -0.2) is 4.68 Å². The quantitative estimate of drug-likeness (QED) is 0.325. The van der Waals surface area contributed by atoms with Crippen LogP contribution in [0.2, 0.25) is 0 Å². The van der Waals surface area contributed by atoms with E-state index in [1.807, 2.05) is 0 Å². The summed E-state index contributed by atoms with van der Waals surface area (Å²) in [5.41, 5.74) is 1.22. The first-order chi connectivity index (χ1) is 13.8. The topological polar surface area (TPSA) is 74.1 Å². The lowest BCUT2D eigenvalue weighted by molar-refractivity contribution is -0.384. The van der Waals surface area contributed by atoms with Gasteiger partial charge in [-0.05, 0) is 36.4 Å². The molecule has 4 aromatic rings. The van der Waals surface area contributed by atoms with Crippen LogP contribution in [0.3, 0.4) is 0 Å². The molecular weight excluding hydrogens is 387 g/mol. The Morgan fingerprint density at radius 1 is 1.00 bits per heavy atom. The van der Waals surface area contributed by atoms with E-state index in [0.717, 1.165) is 12.1 Å². The van der Waals surface area contributed by atoms with Crippen molar-refractivity contribution in [1.82, 2.24) is 9.78 Å². The van der Waals surface area contributed by atoms with E-state index >= 15 is 0 Å². The van der Waals surface area contributed by atoms with E-state index in [-0.39, 0.29) is 5.69 Å². The highest BCUT2D eigenvalue weighted by molar-refractivity contribution is 5.78. The van der Waals surface area contributed by atoms with Crippen molar-refractivity contribution >= 4 is 5.69 Å². The fourth-order valence-corrected chi connectivity index (χ4v) is 2.88. The molecule has 2 aromatic carbocycles. The van der Waals surface area contributed by atoms with Crippen LogP contribution in [0.4, 0.5) is 18.9 Å². The molecule has 0 atom stereocenters. The van der Waals surface area contributed by atoms with Gasteiger partial charge in [-0.15, -0.1) is 0 Å². The van der Waals surface area contributed by atoms with Gasteiger partial charge in [0.05, 0.1) is 28.0 Å². The number of nitro groups is 1. The summed E-state index contributed by atoms with van der Waals surface area (Å²) in [7, 11) is 0. The van der Waals surface area contributed by atoms with Crippen molar-refractivity contribution in [1.29, 1.82) is 0 Å². The number of halogens is 3. The zero-order valence-corrected chi connectivity index (χ0v) is 14.6. The molecule has 6 nitrogen and oxygen atoms in total. The summed E-state index contributed by atoms with van der Waals surface area (Å²) >= 11 is 0. The zero-order valence-electron chi connectivity index (χ0n) is 14.6. The van der Waals surface area contributed by atoms with Crippen molar-refractivity contribution in [2.45, 2.75) is 6.18 Å². The summed E-state index contributed by atoms with van der Waals surface area (Å²) in [6.45, 7) is 0. The van der Waals surface area contributed by atoms with Crippen molar-refractivity contribution < 1.29 is 22.5 Å². The van der Waals surface area contributed by atoms with Gasteiger partial charge >= 0.3 is 6.18 Å². The van der Waals surface area contributed by atoms with Crippen LogP contribution in [-0.4, -0.2) is 14.7 Å². The van der Waals surface area contributed by atoms with Crippen molar-refractivity contribution in [3.05, 3.63) is 88.8 Å². The number of nitrogens with zero attached hydrogens (tertiary/aromatic N) is 3. The normalized spacial score (nSPS) is 11.6. The highest BCUT2D eigenvalue weighted by Gasteiger charge is 2.30. The molecule has 0 aliphatic rings. The Labute approximate surface area is 162 Å². The van der Waals surface area contributed by atoms with Crippen LogP contribution < -0.4 is 0 Å². The average Bonchev–Trinajstić information content (AvgIpc) is 3.37. The van der Waals surface area contributed by atoms with Gasteiger partial charge in [0, 0.05) is 23.9 Å². The molecule has 9 heteroatoms. The van der Waals surface area contributed by atoms with Gasteiger partial charge in [-0.3, -0.25) is 10.1 Å². The second-order valence-electron chi connectivity index (χ2n) is 6.16. The molecule has 0 unspecified atom stereocenters. The van der Waals surface area contributed by atoms with Gasteiger partial charge < -0.3 is 4.42 Å². The lowest BCUT2D eigenvalue weighted by atomic mass is 10.0. The molecule has 0 amide bonds. The van der Waals surface area contributed by atoms with E-state index in [2.05, 4.69) is 5.10 Å². The van der Waals surface area contributed by atoms with Gasteiger partial charge in [0.25, 0.3) is 5.69 Å². The molecule has 0 N–H and O–H groups in total. The third-order valence-electron chi connectivity index (χ3n) is 4.31. The maximum Gasteiger partial charge on any atom is 0.416 e. The van der Waals surface area contributed by atoms with Crippen LogP contribution >= 0.6 is 0 Å². The summed E-state index contributed by atoms with van der Waals surface area (Å²) < 4.78 is 45.5. The number of hydrogen-bond acceptors (Lipinski definition) is 4. The molecule has 0 bridgehead atoms. The Hall–Kier alpha value is -3.88.